The Morgan fingerprint density at radius 3 is 1.58 bits per heavy atom. The number of hydrogen-bond acceptors (Lipinski definition) is 6. The third-order valence-electron chi connectivity index (χ3n) is 9.59. The molecule has 0 aromatic carbocycles. The minimum atomic E-state index is -4.57. The van der Waals surface area contributed by atoms with Crippen LogP contribution in [0.15, 0.2) is 36.5 Å². The van der Waals surface area contributed by atoms with Crippen LogP contribution in [0.5, 0.6) is 0 Å². The van der Waals surface area contributed by atoms with Crippen LogP contribution in [0, 0.1) is 0 Å². The topological polar surface area (TPSA) is 108 Å². The molecular weight excluding hydrogens is 683 g/mol. The fraction of sp³-hybridized carbons (Fsp3) is 0.841. The third kappa shape index (κ3) is 38.8. The molecule has 0 rings (SSSR count). The van der Waals surface area contributed by atoms with E-state index in [1.165, 1.54) is 116 Å². The number of carbonyl (C=O) groups excluding carboxylic acids is 1. The zero-order chi connectivity index (χ0) is 39.3. The summed E-state index contributed by atoms with van der Waals surface area (Å²) in [5.41, 5.74) is 0. The molecule has 0 spiro atoms. The van der Waals surface area contributed by atoms with Crippen molar-refractivity contribution in [3.05, 3.63) is 36.5 Å². The Bertz CT molecular complexity index is 964. The van der Waals surface area contributed by atoms with Gasteiger partial charge in [0.15, 0.2) is 0 Å². The van der Waals surface area contributed by atoms with Gasteiger partial charge < -0.3 is 28.8 Å². The summed E-state index contributed by atoms with van der Waals surface area (Å²) >= 11 is 0. The number of rotatable bonds is 39. The van der Waals surface area contributed by atoms with Gasteiger partial charge in [-0.3, -0.25) is 9.36 Å². The van der Waals surface area contributed by atoms with Gasteiger partial charge in [0.2, 0.25) is 5.91 Å². The van der Waals surface area contributed by atoms with E-state index in [-0.39, 0.29) is 19.1 Å². The standard InChI is InChI=1S/C44H85N2O6P/c1-6-8-10-12-14-15-16-17-18-19-20-21-22-23-24-25-26-27-28-29-30-31-32-34-36-38-44(48)45-42(43(47)37-35-33-13-11-9-7-2)41-52-53(49,50)51-40-39-46(3,4)5/h16-17,19-20,35,37,42-43,47H,6-15,18,21-34,36,38-41H2,1-5H3,(H-,45,48,49,50)/b17-16-,20-19-,37-35+. The first-order valence-electron chi connectivity index (χ1n) is 21.9. The smallest absolute Gasteiger partial charge is 0.268 e. The number of aliphatic hydroxyl groups is 1. The van der Waals surface area contributed by atoms with Crippen LogP contribution in [0.4, 0.5) is 0 Å². The van der Waals surface area contributed by atoms with Crippen LogP contribution in [0.1, 0.15) is 187 Å². The van der Waals surface area contributed by atoms with Crippen LogP contribution >= 0.6 is 7.82 Å². The van der Waals surface area contributed by atoms with E-state index in [2.05, 4.69) is 43.5 Å². The van der Waals surface area contributed by atoms with Crippen molar-refractivity contribution in [2.24, 2.45) is 0 Å². The molecule has 3 unspecified atom stereocenters. The lowest BCUT2D eigenvalue weighted by Gasteiger charge is -2.29. The number of quaternary nitrogens is 1. The second kappa shape index (κ2) is 36.4. The van der Waals surface area contributed by atoms with Gasteiger partial charge in [-0.05, 0) is 51.4 Å². The molecule has 0 aliphatic rings. The van der Waals surface area contributed by atoms with Gasteiger partial charge in [0.1, 0.15) is 13.2 Å². The Kier molecular flexibility index (Phi) is 35.5. The molecule has 0 bridgehead atoms. The van der Waals surface area contributed by atoms with E-state index >= 15 is 0 Å². The molecule has 3 atom stereocenters. The van der Waals surface area contributed by atoms with E-state index in [1.807, 2.05) is 27.2 Å². The second-order valence-electron chi connectivity index (χ2n) is 16.0. The van der Waals surface area contributed by atoms with Crippen molar-refractivity contribution in [1.82, 2.24) is 5.32 Å². The number of unbranched alkanes of at least 4 members (excludes halogenated alkanes) is 22. The Morgan fingerprint density at radius 1 is 0.660 bits per heavy atom. The fourth-order valence-corrected chi connectivity index (χ4v) is 6.79. The summed E-state index contributed by atoms with van der Waals surface area (Å²) in [5.74, 6) is -0.205. The summed E-state index contributed by atoms with van der Waals surface area (Å²) in [6, 6.07) is -0.882. The van der Waals surface area contributed by atoms with Crippen molar-refractivity contribution in [1.29, 1.82) is 0 Å². The highest BCUT2D eigenvalue weighted by molar-refractivity contribution is 7.45. The Balaban J connectivity index is 4.06. The van der Waals surface area contributed by atoms with E-state index in [0.29, 0.717) is 17.4 Å². The van der Waals surface area contributed by atoms with Gasteiger partial charge in [0, 0.05) is 6.42 Å². The van der Waals surface area contributed by atoms with E-state index in [9.17, 15) is 19.4 Å². The quantitative estimate of drug-likeness (QED) is 0.0279. The number of phosphoric ester groups is 1. The molecule has 2 N–H and O–H groups in total. The predicted octanol–water partition coefficient (Wildman–Crippen LogP) is 11.3. The highest BCUT2D eigenvalue weighted by atomic mass is 31.2. The zero-order valence-electron chi connectivity index (χ0n) is 35.2. The molecule has 0 aromatic heterocycles. The first kappa shape index (κ1) is 51.7. The zero-order valence-corrected chi connectivity index (χ0v) is 36.1. The average Bonchev–Trinajstić information content (AvgIpc) is 3.10. The summed E-state index contributed by atoms with van der Waals surface area (Å²) in [6.45, 7) is 4.54. The Hall–Kier alpha value is -1.28. The lowest BCUT2D eigenvalue weighted by atomic mass is 10.0. The molecule has 0 aromatic rings. The Labute approximate surface area is 327 Å². The molecule has 312 valence electrons. The molecule has 0 saturated heterocycles. The van der Waals surface area contributed by atoms with Gasteiger partial charge >= 0.3 is 0 Å². The van der Waals surface area contributed by atoms with Crippen molar-refractivity contribution in [2.75, 3.05) is 40.9 Å². The van der Waals surface area contributed by atoms with Crippen molar-refractivity contribution in [3.8, 4) is 0 Å². The fourth-order valence-electron chi connectivity index (χ4n) is 6.06. The van der Waals surface area contributed by atoms with E-state index in [4.69, 9.17) is 9.05 Å². The SMILES string of the molecule is CCCCCC/C=C/C(O)C(COP(=O)([O-])OCC[N+](C)(C)C)NC(=O)CCCCCCCCCCCCCCC/C=C\C/C=C\CCCCCCC. The van der Waals surface area contributed by atoms with Gasteiger partial charge in [-0.15, -0.1) is 0 Å². The molecule has 9 heteroatoms. The lowest BCUT2D eigenvalue weighted by Crippen LogP contribution is -2.45. The van der Waals surface area contributed by atoms with E-state index in [0.717, 1.165) is 51.4 Å². The van der Waals surface area contributed by atoms with Gasteiger partial charge in [-0.25, -0.2) is 0 Å². The van der Waals surface area contributed by atoms with E-state index in [1.54, 1.807) is 6.08 Å². The van der Waals surface area contributed by atoms with Crippen molar-refractivity contribution in [3.63, 3.8) is 0 Å². The molecule has 1 amide bonds. The van der Waals surface area contributed by atoms with Gasteiger partial charge in [-0.2, -0.15) is 0 Å². The predicted molar refractivity (Wildman–Crippen MR) is 224 cm³/mol. The molecule has 8 nitrogen and oxygen atoms in total. The molecule has 0 saturated carbocycles. The average molecular weight is 769 g/mol. The summed E-state index contributed by atoms with van der Waals surface area (Å²) in [5, 5.41) is 13.6. The second-order valence-corrected chi connectivity index (χ2v) is 17.5. The van der Waals surface area contributed by atoms with E-state index < -0.39 is 20.0 Å². The largest absolute Gasteiger partial charge is 0.756 e. The number of hydrogen-bond donors (Lipinski definition) is 2. The highest BCUT2D eigenvalue weighted by Gasteiger charge is 2.23. The number of nitrogens with one attached hydrogen (secondary N) is 1. The maximum atomic E-state index is 12.8. The lowest BCUT2D eigenvalue weighted by molar-refractivity contribution is -0.870. The van der Waals surface area contributed by atoms with Crippen LogP contribution < -0.4 is 10.2 Å². The minimum Gasteiger partial charge on any atom is -0.756 e. The molecular formula is C44H85N2O6P. The summed E-state index contributed by atoms with van der Waals surface area (Å²) in [7, 11) is 1.25. The summed E-state index contributed by atoms with van der Waals surface area (Å²) in [6.07, 6.45) is 43.7. The van der Waals surface area contributed by atoms with Crippen molar-refractivity contribution < 1.29 is 32.9 Å². The van der Waals surface area contributed by atoms with Crippen LogP contribution in [0.25, 0.3) is 0 Å². The molecule has 0 aliphatic carbocycles. The highest BCUT2D eigenvalue weighted by Crippen LogP contribution is 2.38. The third-order valence-corrected chi connectivity index (χ3v) is 10.6. The molecule has 0 heterocycles. The van der Waals surface area contributed by atoms with Crippen LogP contribution in [-0.2, 0) is 18.4 Å². The molecule has 0 fully saturated rings. The molecule has 0 aliphatic heterocycles. The number of aliphatic hydroxyl groups excluding tert-OH is 1. The monoisotopic (exact) mass is 769 g/mol. The molecule has 53 heavy (non-hydrogen) atoms. The van der Waals surface area contributed by atoms with Crippen LogP contribution in [-0.4, -0.2) is 68.5 Å². The normalized spacial score (nSPS) is 14.8. The summed E-state index contributed by atoms with van der Waals surface area (Å²) in [4.78, 5) is 25.1. The van der Waals surface area contributed by atoms with Gasteiger partial charge in [0.05, 0.1) is 39.9 Å². The number of likely N-dealkylation sites (N-methyl/N-ethyl adjacent to an activating group) is 1. The molecule has 0 radical (unpaired) electrons. The maximum Gasteiger partial charge on any atom is 0.268 e. The first-order chi connectivity index (χ1) is 25.5. The minimum absolute atomic E-state index is 0.00189. The Morgan fingerprint density at radius 2 is 1.09 bits per heavy atom. The first-order valence-corrected chi connectivity index (χ1v) is 23.3. The number of carbonyl (C=O) groups is 1. The van der Waals surface area contributed by atoms with Crippen molar-refractivity contribution >= 4 is 13.7 Å². The number of amides is 1. The van der Waals surface area contributed by atoms with Crippen LogP contribution in [0.2, 0.25) is 0 Å². The number of allylic oxidation sites excluding steroid dienone is 5. The van der Waals surface area contributed by atoms with Crippen molar-refractivity contribution in [2.45, 2.75) is 199 Å². The summed E-state index contributed by atoms with van der Waals surface area (Å²) < 4.78 is 23.0. The number of phosphoric acid groups is 1. The van der Waals surface area contributed by atoms with Gasteiger partial charge in [-0.1, -0.05) is 166 Å². The maximum absolute atomic E-state index is 12.8. The number of nitrogens with zero attached hydrogens (tertiary/aromatic N) is 1. The van der Waals surface area contributed by atoms with Crippen LogP contribution in [0.3, 0.4) is 0 Å². The van der Waals surface area contributed by atoms with Gasteiger partial charge in [0.25, 0.3) is 7.82 Å².